The van der Waals surface area contributed by atoms with Gasteiger partial charge in [-0.1, -0.05) is 15.9 Å². The Morgan fingerprint density at radius 3 is 2.85 bits per heavy atom. The van der Waals surface area contributed by atoms with Gasteiger partial charge < -0.3 is 10.0 Å². The van der Waals surface area contributed by atoms with Crippen molar-refractivity contribution >= 4 is 39.6 Å². The van der Waals surface area contributed by atoms with Crippen LogP contribution in [0.1, 0.15) is 22.3 Å². The van der Waals surface area contributed by atoms with Crippen LogP contribution in [-0.4, -0.2) is 46.0 Å². The number of thioether (sulfide) groups is 1. The quantitative estimate of drug-likeness (QED) is 0.903. The molecule has 1 aromatic carbocycles. The zero-order chi connectivity index (χ0) is 14.7. The van der Waals surface area contributed by atoms with Gasteiger partial charge in [0.05, 0.1) is 12.5 Å². The average molecular weight is 358 g/mol. The molecule has 1 N–H and O–H groups in total. The van der Waals surface area contributed by atoms with Gasteiger partial charge >= 0.3 is 5.97 Å². The van der Waals surface area contributed by atoms with Crippen molar-refractivity contribution in [3.8, 4) is 0 Å². The third-order valence-corrected chi connectivity index (χ3v) is 4.74. The van der Waals surface area contributed by atoms with E-state index in [0.29, 0.717) is 17.9 Å². The van der Waals surface area contributed by atoms with Crippen LogP contribution in [0.15, 0.2) is 22.7 Å². The van der Waals surface area contributed by atoms with Gasteiger partial charge in [0, 0.05) is 28.1 Å². The second-order valence-electron chi connectivity index (χ2n) is 4.84. The molecule has 0 spiro atoms. The standard InChI is InChI=1S/C14H16BrNO3S/c1-9-4-10(6-11(15)5-9)14(19)16-2-3-20-8-12(16)7-13(17)18/h4-6,12H,2-3,7-8H2,1H3,(H,17,18). The molecule has 1 amide bonds. The fourth-order valence-electron chi connectivity index (χ4n) is 2.32. The Morgan fingerprint density at radius 2 is 2.20 bits per heavy atom. The Kier molecular flexibility index (Phi) is 5.10. The normalized spacial score (nSPS) is 18.9. The van der Waals surface area contributed by atoms with Gasteiger partial charge in [-0.05, 0) is 30.7 Å². The predicted molar refractivity (Wildman–Crippen MR) is 83.3 cm³/mol. The molecule has 0 saturated carbocycles. The molecular formula is C14H16BrNO3S. The summed E-state index contributed by atoms with van der Waals surface area (Å²) < 4.78 is 0.863. The summed E-state index contributed by atoms with van der Waals surface area (Å²) in [5, 5.41) is 8.97. The molecule has 1 aromatic rings. The van der Waals surface area contributed by atoms with Crippen LogP contribution in [0.3, 0.4) is 0 Å². The number of carbonyl (C=O) groups is 2. The fraction of sp³-hybridized carbons (Fsp3) is 0.429. The average Bonchev–Trinajstić information content (AvgIpc) is 2.36. The van der Waals surface area contributed by atoms with Gasteiger partial charge in [-0.25, -0.2) is 0 Å². The molecule has 1 aliphatic heterocycles. The van der Waals surface area contributed by atoms with E-state index in [0.717, 1.165) is 15.8 Å². The lowest BCUT2D eigenvalue weighted by Gasteiger charge is -2.34. The highest BCUT2D eigenvalue weighted by atomic mass is 79.9. The van der Waals surface area contributed by atoms with Crippen LogP contribution in [-0.2, 0) is 4.79 Å². The minimum absolute atomic E-state index is 0.00568. The van der Waals surface area contributed by atoms with Crippen LogP contribution in [0.4, 0.5) is 0 Å². The van der Waals surface area contributed by atoms with Gasteiger partial charge in [0.25, 0.3) is 5.91 Å². The van der Waals surface area contributed by atoms with Gasteiger partial charge in [-0.3, -0.25) is 9.59 Å². The molecule has 4 nitrogen and oxygen atoms in total. The van der Waals surface area contributed by atoms with Crippen molar-refractivity contribution in [2.45, 2.75) is 19.4 Å². The Hall–Kier alpha value is -1.01. The Morgan fingerprint density at radius 1 is 1.45 bits per heavy atom. The number of hydrogen-bond acceptors (Lipinski definition) is 3. The van der Waals surface area contributed by atoms with Crippen LogP contribution in [0.5, 0.6) is 0 Å². The van der Waals surface area contributed by atoms with Crippen LogP contribution >= 0.6 is 27.7 Å². The summed E-state index contributed by atoms with van der Waals surface area (Å²) in [5.41, 5.74) is 1.61. The van der Waals surface area contributed by atoms with E-state index in [9.17, 15) is 9.59 Å². The molecule has 1 saturated heterocycles. The summed E-state index contributed by atoms with van der Waals surface area (Å²) in [7, 11) is 0. The maximum Gasteiger partial charge on any atom is 0.305 e. The molecule has 0 aliphatic carbocycles. The molecule has 1 unspecified atom stereocenters. The smallest absolute Gasteiger partial charge is 0.305 e. The van der Waals surface area contributed by atoms with Crippen molar-refractivity contribution < 1.29 is 14.7 Å². The van der Waals surface area contributed by atoms with Crippen molar-refractivity contribution in [1.82, 2.24) is 4.90 Å². The Bertz CT molecular complexity index is 515. The first-order valence-electron chi connectivity index (χ1n) is 6.35. The molecule has 1 fully saturated rings. The minimum atomic E-state index is -0.860. The highest BCUT2D eigenvalue weighted by molar-refractivity contribution is 9.10. The summed E-state index contributed by atoms with van der Waals surface area (Å²) in [6.07, 6.45) is 0.00568. The molecule has 1 atom stereocenters. The van der Waals surface area contributed by atoms with E-state index < -0.39 is 5.97 Å². The molecule has 1 aliphatic rings. The highest BCUT2D eigenvalue weighted by Gasteiger charge is 2.29. The van der Waals surface area contributed by atoms with Crippen LogP contribution in [0.2, 0.25) is 0 Å². The number of benzene rings is 1. The maximum atomic E-state index is 12.6. The first-order chi connectivity index (χ1) is 9.47. The molecule has 6 heteroatoms. The van der Waals surface area contributed by atoms with E-state index in [1.807, 2.05) is 19.1 Å². The van der Waals surface area contributed by atoms with Gasteiger partial charge in [0.2, 0.25) is 0 Å². The molecule has 2 rings (SSSR count). The van der Waals surface area contributed by atoms with E-state index in [4.69, 9.17) is 5.11 Å². The largest absolute Gasteiger partial charge is 0.481 e. The second-order valence-corrected chi connectivity index (χ2v) is 6.91. The SMILES string of the molecule is Cc1cc(Br)cc(C(=O)N2CCSCC2CC(=O)O)c1. The number of carboxylic acid groups (broad SMARTS) is 1. The predicted octanol–water partition coefficient (Wildman–Crippen LogP) is 2.79. The van der Waals surface area contributed by atoms with Gasteiger partial charge in [0.15, 0.2) is 0 Å². The molecule has 0 aromatic heterocycles. The highest BCUT2D eigenvalue weighted by Crippen LogP contribution is 2.23. The maximum absolute atomic E-state index is 12.6. The molecular weight excluding hydrogens is 342 g/mol. The third kappa shape index (κ3) is 3.76. The lowest BCUT2D eigenvalue weighted by molar-refractivity contribution is -0.138. The Labute approximate surface area is 130 Å². The topological polar surface area (TPSA) is 57.6 Å². The van der Waals surface area contributed by atoms with Gasteiger partial charge in [-0.2, -0.15) is 11.8 Å². The van der Waals surface area contributed by atoms with Crippen molar-refractivity contribution in [1.29, 1.82) is 0 Å². The molecule has 108 valence electrons. The summed E-state index contributed by atoms with van der Waals surface area (Å²) >= 11 is 5.09. The summed E-state index contributed by atoms with van der Waals surface area (Å²) in [5.74, 6) is 0.599. The number of aliphatic carboxylic acids is 1. The van der Waals surface area contributed by atoms with Crippen molar-refractivity contribution in [3.05, 3.63) is 33.8 Å². The van der Waals surface area contributed by atoms with Crippen molar-refractivity contribution in [2.75, 3.05) is 18.1 Å². The number of carboxylic acids is 1. The number of nitrogens with zero attached hydrogens (tertiary/aromatic N) is 1. The lowest BCUT2D eigenvalue weighted by atomic mass is 10.1. The van der Waals surface area contributed by atoms with Crippen molar-refractivity contribution in [3.63, 3.8) is 0 Å². The number of aryl methyl sites for hydroxylation is 1. The number of hydrogen-bond donors (Lipinski definition) is 1. The number of halogens is 1. The zero-order valence-electron chi connectivity index (χ0n) is 11.1. The zero-order valence-corrected chi connectivity index (χ0v) is 13.5. The van der Waals surface area contributed by atoms with E-state index in [1.165, 1.54) is 0 Å². The minimum Gasteiger partial charge on any atom is -0.481 e. The third-order valence-electron chi connectivity index (χ3n) is 3.19. The Balaban J connectivity index is 2.22. The molecule has 0 bridgehead atoms. The number of amides is 1. The first-order valence-corrected chi connectivity index (χ1v) is 8.30. The van der Waals surface area contributed by atoms with Crippen LogP contribution < -0.4 is 0 Å². The van der Waals surface area contributed by atoms with E-state index in [1.54, 1.807) is 22.7 Å². The van der Waals surface area contributed by atoms with Gasteiger partial charge in [0.1, 0.15) is 0 Å². The van der Waals surface area contributed by atoms with Gasteiger partial charge in [-0.15, -0.1) is 0 Å². The summed E-state index contributed by atoms with van der Waals surface area (Å²) in [4.78, 5) is 25.2. The number of rotatable bonds is 3. The van der Waals surface area contributed by atoms with Crippen LogP contribution in [0.25, 0.3) is 0 Å². The lowest BCUT2D eigenvalue weighted by Crippen LogP contribution is -2.47. The van der Waals surface area contributed by atoms with Crippen molar-refractivity contribution in [2.24, 2.45) is 0 Å². The fourth-order valence-corrected chi connectivity index (χ4v) is 3.99. The molecule has 0 radical (unpaired) electrons. The van der Waals surface area contributed by atoms with E-state index >= 15 is 0 Å². The summed E-state index contributed by atoms with van der Waals surface area (Å²) in [6, 6.07) is 5.34. The first kappa shape index (κ1) is 15.4. The van der Waals surface area contributed by atoms with E-state index in [2.05, 4.69) is 15.9 Å². The monoisotopic (exact) mass is 357 g/mol. The molecule has 20 heavy (non-hydrogen) atoms. The second kappa shape index (κ2) is 6.63. The van der Waals surface area contributed by atoms with E-state index in [-0.39, 0.29) is 18.4 Å². The summed E-state index contributed by atoms with van der Waals surface area (Å²) in [6.45, 7) is 2.54. The molecule has 1 heterocycles. The van der Waals surface area contributed by atoms with Crippen LogP contribution in [0, 0.1) is 6.92 Å². The number of carbonyl (C=O) groups excluding carboxylic acids is 1.